The Bertz CT molecular complexity index is 1360. The van der Waals surface area contributed by atoms with Crippen LogP contribution in [0.2, 0.25) is 0 Å². The summed E-state index contributed by atoms with van der Waals surface area (Å²) in [6.07, 6.45) is 2.35. The van der Waals surface area contributed by atoms with Gasteiger partial charge in [-0.05, 0) is 30.7 Å². The molecule has 1 aliphatic rings. The zero-order valence-corrected chi connectivity index (χ0v) is 18.6. The number of nitrogens with zero attached hydrogens (tertiary/aromatic N) is 5. The van der Waals surface area contributed by atoms with Crippen LogP contribution in [0.3, 0.4) is 0 Å². The van der Waals surface area contributed by atoms with Gasteiger partial charge in [0.25, 0.3) is 11.8 Å². The predicted molar refractivity (Wildman–Crippen MR) is 120 cm³/mol. The molecule has 11 heteroatoms. The number of hydrogen-bond donors (Lipinski definition) is 1. The number of ether oxygens (including phenoxy) is 2. The Balaban J connectivity index is 1.35. The van der Waals surface area contributed by atoms with Crippen LogP contribution in [-0.2, 0) is 9.47 Å². The Hall–Kier alpha value is -4.25. The highest BCUT2D eigenvalue weighted by Gasteiger charge is 2.30. The number of carbonyl (C=O) groups excluding carboxylic acids is 2. The number of morpholine rings is 1. The highest BCUT2D eigenvalue weighted by molar-refractivity contribution is 6.04. The second-order valence-corrected chi connectivity index (χ2v) is 7.79. The van der Waals surface area contributed by atoms with E-state index in [1.54, 1.807) is 16.7 Å². The third-order valence-corrected chi connectivity index (χ3v) is 5.61. The van der Waals surface area contributed by atoms with Crippen molar-refractivity contribution in [3.8, 4) is 11.4 Å². The van der Waals surface area contributed by atoms with Crippen LogP contribution in [0.4, 0.5) is 10.5 Å². The molecular formula is C23H22N6O5. The van der Waals surface area contributed by atoms with Gasteiger partial charge in [-0.25, -0.2) is 9.78 Å². The molecule has 4 heterocycles. The van der Waals surface area contributed by atoms with Gasteiger partial charge in [-0.1, -0.05) is 23.4 Å². The van der Waals surface area contributed by atoms with Crippen LogP contribution < -0.4 is 5.32 Å². The number of amides is 2. The topological polar surface area (TPSA) is 124 Å². The molecule has 0 spiro atoms. The van der Waals surface area contributed by atoms with Crippen LogP contribution in [0, 0.1) is 6.92 Å². The number of aryl methyl sites for hydroxylation is 1. The minimum absolute atomic E-state index is 0.253. The first-order valence-electron chi connectivity index (χ1n) is 10.7. The van der Waals surface area contributed by atoms with Gasteiger partial charge in [-0.15, -0.1) is 0 Å². The van der Waals surface area contributed by atoms with Crippen molar-refractivity contribution in [1.29, 1.82) is 0 Å². The van der Waals surface area contributed by atoms with Crippen molar-refractivity contribution in [2.45, 2.75) is 13.0 Å². The van der Waals surface area contributed by atoms with E-state index < -0.39 is 12.2 Å². The number of methoxy groups -OCH3 is 1. The Morgan fingerprint density at radius 1 is 1.24 bits per heavy atom. The molecular weight excluding hydrogens is 440 g/mol. The summed E-state index contributed by atoms with van der Waals surface area (Å²) in [5, 5.41) is 7.01. The first-order chi connectivity index (χ1) is 16.5. The molecule has 4 aromatic rings. The number of benzene rings is 1. The summed E-state index contributed by atoms with van der Waals surface area (Å²) in [6, 6.07) is 11.0. The lowest BCUT2D eigenvalue weighted by molar-refractivity contribution is -0.0399. The number of hydrogen-bond acceptors (Lipinski definition) is 8. The van der Waals surface area contributed by atoms with E-state index in [4.69, 9.17) is 14.0 Å². The summed E-state index contributed by atoms with van der Waals surface area (Å²) in [5.74, 6) is 0.325. The minimum atomic E-state index is -0.547. The molecule has 1 saturated heterocycles. The van der Waals surface area contributed by atoms with Gasteiger partial charge in [-0.3, -0.25) is 9.20 Å². The van der Waals surface area contributed by atoms with E-state index >= 15 is 0 Å². The molecule has 34 heavy (non-hydrogen) atoms. The van der Waals surface area contributed by atoms with Crippen molar-refractivity contribution in [2.75, 3.05) is 32.1 Å². The molecule has 0 radical (unpaired) electrons. The van der Waals surface area contributed by atoms with Crippen LogP contribution in [-0.4, -0.2) is 63.2 Å². The molecule has 0 aliphatic carbocycles. The van der Waals surface area contributed by atoms with E-state index in [2.05, 4.69) is 20.4 Å². The molecule has 11 nitrogen and oxygen atoms in total. The quantitative estimate of drug-likeness (QED) is 0.491. The Kier molecular flexibility index (Phi) is 5.68. The highest BCUT2D eigenvalue weighted by Crippen LogP contribution is 2.27. The van der Waals surface area contributed by atoms with Crippen molar-refractivity contribution in [3.05, 3.63) is 65.9 Å². The number of fused-ring (bicyclic) bond motifs is 1. The average Bonchev–Trinajstić information content (AvgIpc) is 3.53. The van der Waals surface area contributed by atoms with Gasteiger partial charge >= 0.3 is 6.09 Å². The summed E-state index contributed by atoms with van der Waals surface area (Å²) in [7, 11) is 1.33. The smallest absolute Gasteiger partial charge is 0.409 e. The molecule has 1 unspecified atom stereocenters. The fourth-order valence-corrected chi connectivity index (χ4v) is 3.76. The van der Waals surface area contributed by atoms with Crippen LogP contribution in [0.25, 0.3) is 17.0 Å². The predicted octanol–water partition coefficient (Wildman–Crippen LogP) is 3.08. The van der Waals surface area contributed by atoms with E-state index in [0.717, 1.165) is 5.56 Å². The van der Waals surface area contributed by atoms with E-state index in [1.165, 1.54) is 18.2 Å². The number of rotatable bonds is 4. The summed E-state index contributed by atoms with van der Waals surface area (Å²) in [4.78, 5) is 35.0. The normalized spacial score (nSPS) is 15.9. The largest absolute Gasteiger partial charge is 0.453 e. The number of pyridine rings is 1. The lowest BCUT2D eigenvalue weighted by Gasteiger charge is -2.29. The maximum absolute atomic E-state index is 12.9. The number of aromatic nitrogens is 4. The molecule has 1 aliphatic heterocycles. The second-order valence-electron chi connectivity index (χ2n) is 7.79. The van der Waals surface area contributed by atoms with Crippen molar-refractivity contribution < 1.29 is 23.6 Å². The summed E-state index contributed by atoms with van der Waals surface area (Å²) in [5.41, 5.74) is 3.26. The fraction of sp³-hybridized carbons (Fsp3) is 0.261. The summed E-state index contributed by atoms with van der Waals surface area (Å²) >= 11 is 0. The maximum Gasteiger partial charge on any atom is 0.409 e. The minimum Gasteiger partial charge on any atom is -0.453 e. The first kappa shape index (κ1) is 21.6. The average molecular weight is 462 g/mol. The van der Waals surface area contributed by atoms with Crippen molar-refractivity contribution in [3.63, 3.8) is 0 Å². The van der Waals surface area contributed by atoms with Crippen molar-refractivity contribution in [2.24, 2.45) is 0 Å². The Morgan fingerprint density at radius 2 is 2.12 bits per heavy atom. The van der Waals surface area contributed by atoms with E-state index in [1.807, 2.05) is 37.3 Å². The Morgan fingerprint density at radius 3 is 2.97 bits per heavy atom. The maximum atomic E-state index is 12.9. The van der Waals surface area contributed by atoms with Gasteiger partial charge in [-0.2, -0.15) is 4.98 Å². The molecule has 1 N–H and O–H groups in total. The van der Waals surface area contributed by atoms with Crippen LogP contribution in [0.15, 0.2) is 53.3 Å². The molecule has 0 bridgehead atoms. The van der Waals surface area contributed by atoms with E-state index in [-0.39, 0.29) is 18.3 Å². The number of nitrogens with one attached hydrogen (secondary N) is 1. The zero-order chi connectivity index (χ0) is 23.7. The molecule has 1 aromatic carbocycles. The molecule has 5 rings (SSSR count). The molecule has 1 fully saturated rings. The standard InChI is InChI=1S/C23H22N6O5/c1-14-6-7-15(11-16(14)25-21(30)17-12-24-19-5-3-4-8-29(17)19)20-26-22(34-27-20)18-13-28(9-10-33-18)23(31)32-2/h3-8,11-12,18H,9-10,13H2,1-2H3,(H,25,30). The molecule has 2 amide bonds. The summed E-state index contributed by atoms with van der Waals surface area (Å²) in [6.45, 7) is 2.91. The molecule has 3 aromatic heterocycles. The van der Waals surface area contributed by atoms with Gasteiger partial charge in [0.05, 0.1) is 26.5 Å². The third-order valence-electron chi connectivity index (χ3n) is 5.61. The van der Waals surface area contributed by atoms with Crippen LogP contribution in [0.1, 0.15) is 28.0 Å². The van der Waals surface area contributed by atoms with E-state index in [9.17, 15) is 9.59 Å². The zero-order valence-electron chi connectivity index (χ0n) is 18.6. The van der Waals surface area contributed by atoms with Gasteiger partial charge in [0.15, 0.2) is 6.10 Å². The first-order valence-corrected chi connectivity index (χ1v) is 10.7. The van der Waals surface area contributed by atoms with Crippen molar-refractivity contribution in [1.82, 2.24) is 24.4 Å². The second kappa shape index (κ2) is 8.94. The van der Waals surface area contributed by atoms with Crippen LogP contribution >= 0.6 is 0 Å². The van der Waals surface area contributed by atoms with E-state index in [0.29, 0.717) is 41.6 Å². The number of imidazole rings is 1. The third kappa shape index (κ3) is 4.08. The lowest BCUT2D eigenvalue weighted by Crippen LogP contribution is -2.42. The molecule has 174 valence electrons. The number of anilines is 1. The summed E-state index contributed by atoms with van der Waals surface area (Å²) < 4.78 is 17.6. The lowest BCUT2D eigenvalue weighted by atomic mass is 10.1. The molecule has 0 saturated carbocycles. The SMILES string of the molecule is COC(=O)N1CCOC(c2nc(-c3ccc(C)c(NC(=O)c4cnc5ccccn45)c3)no2)C1. The van der Waals surface area contributed by atoms with Gasteiger partial charge in [0.2, 0.25) is 5.82 Å². The fourth-order valence-electron chi connectivity index (χ4n) is 3.76. The van der Waals surface area contributed by atoms with Crippen LogP contribution in [0.5, 0.6) is 0 Å². The monoisotopic (exact) mass is 462 g/mol. The molecule has 1 atom stereocenters. The number of carbonyl (C=O) groups is 2. The Labute approximate surface area is 194 Å². The highest BCUT2D eigenvalue weighted by atomic mass is 16.6. The van der Waals surface area contributed by atoms with Gasteiger partial charge in [0.1, 0.15) is 11.3 Å². The van der Waals surface area contributed by atoms with Crippen molar-refractivity contribution >= 4 is 23.3 Å². The van der Waals surface area contributed by atoms with Gasteiger partial charge in [0, 0.05) is 24.0 Å². The van der Waals surface area contributed by atoms with Gasteiger partial charge < -0.3 is 24.2 Å².